The maximum absolute atomic E-state index is 12.6. The highest BCUT2D eigenvalue weighted by molar-refractivity contribution is 5.83. The van der Waals surface area contributed by atoms with Gasteiger partial charge in [0.05, 0.1) is 0 Å². The molecule has 2 amide bonds. The number of aliphatic carboxylic acids is 1. The quantitative estimate of drug-likeness (QED) is 0.846. The highest BCUT2D eigenvalue weighted by Crippen LogP contribution is 2.32. The number of carboxylic acids is 1. The van der Waals surface area contributed by atoms with Gasteiger partial charge in [-0.2, -0.15) is 0 Å². The molecule has 0 aromatic carbocycles. The molecule has 0 aromatic heterocycles. The van der Waals surface area contributed by atoms with Gasteiger partial charge in [-0.3, -0.25) is 0 Å². The van der Waals surface area contributed by atoms with Gasteiger partial charge in [-0.05, 0) is 30.6 Å². The fourth-order valence-corrected chi connectivity index (χ4v) is 3.33. The second kappa shape index (κ2) is 5.62. The van der Waals surface area contributed by atoms with Crippen LogP contribution in [0.1, 0.15) is 46.5 Å². The van der Waals surface area contributed by atoms with Crippen LogP contribution in [0, 0.1) is 11.3 Å². The van der Waals surface area contributed by atoms with Crippen molar-refractivity contribution in [3.8, 4) is 0 Å². The average Bonchev–Trinajstić information content (AvgIpc) is 2.77. The van der Waals surface area contributed by atoms with Crippen LogP contribution < -0.4 is 0 Å². The van der Waals surface area contributed by atoms with E-state index in [0.29, 0.717) is 18.9 Å². The van der Waals surface area contributed by atoms with E-state index < -0.39 is 12.0 Å². The van der Waals surface area contributed by atoms with E-state index in [1.54, 1.807) is 4.90 Å². The molecular weight excluding hydrogens is 256 g/mol. The monoisotopic (exact) mass is 282 g/mol. The van der Waals surface area contributed by atoms with E-state index in [2.05, 4.69) is 20.8 Å². The topological polar surface area (TPSA) is 60.9 Å². The number of hydrogen-bond acceptors (Lipinski definition) is 2. The van der Waals surface area contributed by atoms with Crippen LogP contribution in [-0.4, -0.2) is 52.6 Å². The number of hydrogen-bond donors (Lipinski definition) is 1. The molecule has 0 aromatic rings. The maximum atomic E-state index is 12.6. The van der Waals surface area contributed by atoms with Crippen LogP contribution in [-0.2, 0) is 4.79 Å². The van der Waals surface area contributed by atoms with E-state index in [-0.39, 0.29) is 11.4 Å². The molecule has 0 spiro atoms. The van der Waals surface area contributed by atoms with Crippen molar-refractivity contribution < 1.29 is 14.7 Å². The van der Waals surface area contributed by atoms with Crippen molar-refractivity contribution in [3.63, 3.8) is 0 Å². The predicted molar refractivity (Wildman–Crippen MR) is 76.5 cm³/mol. The number of piperidine rings is 1. The van der Waals surface area contributed by atoms with Crippen LogP contribution in [0.5, 0.6) is 0 Å². The minimum atomic E-state index is -0.866. The normalized spacial score (nSPS) is 29.6. The van der Waals surface area contributed by atoms with Crippen molar-refractivity contribution in [2.75, 3.05) is 19.6 Å². The molecule has 2 saturated heterocycles. The molecule has 2 aliphatic rings. The van der Waals surface area contributed by atoms with Crippen LogP contribution in [0.2, 0.25) is 0 Å². The molecule has 1 N–H and O–H groups in total. The smallest absolute Gasteiger partial charge is 0.326 e. The van der Waals surface area contributed by atoms with Crippen molar-refractivity contribution in [1.82, 2.24) is 9.80 Å². The Morgan fingerprint density at radius 3 is 2.50 bits per heavy atom. The minimum Gasteiger partial charge on any atom is -0.480 e. The third-order valence-corrected chi connectivity index (χ3v) is 4.77. The second-order valence-electron chi connectivity index (χ2n) is 6.96. The molecule has 5 heteroatoms. The molecule has 0 saturated carbocycles. The predicted octanol–water partition coefficient (Wildman–Crippen LogP) is 2.41. The SMILES string of the molecule is CCC1CCN(C(=O)N2CCC(C)(C)C2)C(C(=O)O)C1. The summed E-state index contributed by atoms with van der Waals surface area (Å²) in [6.45, 7) is 8.43. The summed E-state index contributed by atoms with van der Waals surface area (Å²) in [6.07, 6.45) is 3.49. The lowest BCUT2D eigenvalue weighted by Gasteiger charge is -2.39. The van der Waals surface area contributed by atoms with Gasteiger partial charge in [-0.25, -0.2) is 9.59 Å². The number of nitrogens with zero attached hydrogens (tertiary/aromatic N) is 2. The number of rotatable bonds is 2. The molecule has 2 fully saturated rings. The minimum absolute atomic E-state index is 0.0856. The van der Waals surface area contributed by atoms with Crippen LogP contribution in [0.15, 0.2) is 0 Å². The molecule has 0 aliphatic carbocycles. The van der Waals surface area contributed by atoms with Crippen molar-refractivity contribution in [2.45, 2.75) is 52.5 Å². The average molecular weight is 282 g/mol. The van der Waals surface area contributed by atoms with E-state index in [9.17, 15) is 14.7 Å². The molecule has 0 radical (unpaired) electrons. The van der Waals surface area contributed by atoms with Crippen LogP contribution >= 0.6 is 0 Å². The lowest BCUT2D eigenvalue weighted by atomic mass is 9.89. The first-order valence-corrected chi connectivity index (χ1v) is 7.62. The highest BCUT2D eigenvalue weighted by atomic mass is 16.4. The van der Waals surface area contributed by atoms with Crippen LogP contribution in [0.3, 0.4) is 0 Å². The molecule has 0 bridgehead atoms. The Labute approximate surface area is 120 Å². The Balaban J connectivity index is 2.06. The van der Waals surface area contributed by atoms with Gasteiger partial charge in [0.1, 0.15) is 6.04 Å². The van der Waals surface area contributed by atoms with E-state index in [1.165, 1.54) is 0 Å². The third-order valence-electron chi connectivity index (χ3n) is 4.77. The summed E-state index contributed by atoms with van der Waals surface area (Å²) in [5, 5.41) is 9.40. The summed E-state index contributed by atoms with van der Waals surface area (Å²) in [6, 6.07) is -0.734. The Hall–Kier alpha value is -1.26. The fourth-order valence-electron chi connectivity index (χ4n) is 3.33. The first kappa shape index (κ1) is 15.1. The molecule has 114 valence electrons. The molecule has 2 unspecified atom stereocenters. The molecule has 2 heterocycles. The van der Waals surface area contributed by atoms with Crippen molar-refractivity contribution in [3.05, 3.63) is 0 Å². The van der Waals surface area contributed by atoms with Crippen LogP contribution in [0.4, 0.5) is 4.79 Å². The number of likely N-dealkylation sites (tertiary alicyclic amines) is 2. The molecular formula is C15H26N2O3. The largest absolute Gasteiger partial charge is 0.480 e. The Bertz CT molecular complexity index is 395. The molecule has 20 heavy (non-hydrogen) atoms. The van der Waals surface area contributed by atoms with E-state index in [4.69, 9.17) is 0 Å². The maximum Gasteiger partial charge on any atom is 0.326 e. The van der Waals surface area contributed by atoms with E-state index in [0.717, 1.165) is 32.4 Å². The van der Waals surface area contributed by atoms with Gasteiger partial charge in [-0.1, -0.05) is 27.2 Å². The van der Waals surface area contributed by atoms with Gasteiger partial charge in [0, 0.05) is 19.6 Å². The zero-order valence-corrected chi connectivity index (χ0v) is 12.8. The van der Waals surface area contributed by atoms with E-state index in [1.807, 2.05) is 4.90 Å². The first-order chi connectivity index (χ1) is 9.34. The highest BCUT2D eigenvalue weighted by Gasteiger charge is 2.40. The van der Waals surface area contributed by atoms with Gasteiger partial charge >= 0.3 is 12.0 Å². The number of carboxylic acid groups (broad SMARTS) is 1. The summed E-state index contributed by atoms with van der Waals surface area (Å²) >= 11 is 0. The number of carbonyl (C=O) groups is 2. The van der Waals surface area contributed by atoms with Crippen molar-refractivity contribution in [1.29, 1.82) is 0 Å². The number of urea groups is 1. The summed E-state index contributed by atoms with van der Waals surface area (Å²) in [5.74, 6) is -0.440. The number of carbonyl (C=O) groups excluding carboxylic acids is 1. The van der Waals surface area contributed by atoms with Gasteiger partial charge < -0.3 is 14.9 Å². The zero-order chi connectivity index (χ0) is 14.9. The Morgan fingerprint density at radius 2 is 2.00 bits per heavy atom. The number of amides is 2. The summed E-state index contributed by atoms with van der Waals surface area (Å²) in [5.41, 5.74) is 0.149. The second-order valence-corrected chi connectivity index (χ2v) is 6.96. The zero-order valence-electron chi connectivity index (χ0n) is 12.8. The molecule has 2 rings (SSSR count). The summed E-state index contributed by atoms with van der Waals surface area (Å²) in [4.78, 5) is 27.4. The lowest BCUT2D eigenvalue weighted by Crippen LogP contribution is -2.54. The Morgan fingerprint density at radius 1 is 1.30 bits per heavy atom. The first-order valence-electron chi connectivity index (χ1n) is 7.62. The summed E-state index contributed by atoms with van der Waals surface area (Å²) in [7, 11) is 0. The van der Waals surface area contributed by atoms with Gasteiger partial charge in [0.2, 0.25) is 0 Å². The van der Waals surface area contributed by atoms with Crippen LogP contribution in [0.25, 0.3) is 0 Å². The van der Waals surface area contributed by atoms with Gasteiger partial charge in [0.15, 0.2) is 0 Å². The lowest BCUT2D eigenvalue weighted by molar-refractivity contribution is -0.144. The van der Waals surface area contributed by atoms with Gasteiger partial charge in [0.25, 0.3) is 0 Å². The standard InChI is InChI=1S/C15H26N2O3/c1-4-11-5-7-17(12(9-11)13(18)19)14(20)16-8-6-15(2,3)10-16/h11-12H,4-10H2,1-3H3,(H,18,19). The van der Waals surface area contributed by atoms with Crippen molar-refractivity contribution >= 4 is 12.0 Å². The third kappa shape index (κ3) is 3.07. The van der Waals surface area contributed by atoms with E-state index >= 15 is 0 Å². The van der Waals surface area contributed by atoms with Crippen molar-refractivity contribution in [2.24, 2.45) is 11.3 Å². The molecule has 2 atom stereocenters. The molecule has 2 aliphatic heterocycles. The molecule has 5 nitrogen and oxygen atoms in total. The Kier molecular flexibility index (Phi) is 4.25. The summed E-state index contributed by atoms with van der Waals surface area (Å²) < 4.78 is 0. The fraction of sp³-hybridized carbons (Fsp3) is 0.867. The van der Waals surface area contributed by atoms with Gasteiger partial charge in [-0.15, -0.1) is 0 Å².